The van der Waals surface area contributed by atoms with Crippen molar-refractivity contribution in [3.8, 4) is 0 Å². The standard InChI is InChI=1S/C6H12N4O/c1-2-5(11)10-6-8-3-4(7)9-6/h3,5,11H,2,7H2,1H3,(H2,8,9,10). The molecule has 62 valence electrons. The van der Waals surface area contributed by atoms with Gasteiger partial charge in [-0.3, -0.25) is 0 Å². The van der Waals surface area contributed by atoms with Crippen LogP contribution in [0.15, 0.2) is 6.20 Å². The maximum Gasteiger partial charge on any atom is 0.203 e. The van der Waals surface area contributed by atoms with Gasteiger partial charge in [0.1, 0.15) is 12.0 Å². The Kier molecular flexibility index (Phi) is 2.32. The van der Waals surface area contributed by atoms with E-state index in [9.17, 15) is 0 Å². The minimum absolute atomic E-state index is 0.482. The van der Waals surface area contributed by atoms with E-state index in [1.54, 1.807) is 0 Å². The van der Waals surface area contributed by atoms with E-state index in [1.165, 1.54) is 6.20 Å². The van der Waals surface area contributed by atoms with E-state index in [0.717, 1.165) is 0 Å². The number of nitrogens with two attached hydrogens (primary N) is 1. The van der Waals surface area contributed by atoms with E-state index < -0.39 is 6.23 Å². The van der Waals surface area contributed by atoms with Gasteiger partial charge in [-0.15, -0.1) is 0 Å². The maximum absolute atomic E-state index is 9.11. The normalized spacial score (nSPS) is 12.9. The van der Waals surface area contributed by atoms with Crippen molar-refractivity contribution in [2.75, 3.05) is 11.1 Å². The predicted molar refractivity (Wildman–Crippen MR) is 42.9 cm³/mol. The van der Waals surface area contributed by atoms with Gasteiger partial charge in [-0.2, -0.15) is 0 Å². The molecule has 0 aromatic carbocycles. The molecule has 0 saturated carbocycles. The molecule has 1 aromatic rings. The number of aliphatic hydroxyl groups is 1. The first-order chi connectivity index (χ1) is 5.22. The molecule has 1 rings (SSSR count). The zero-order chi connectivity index (χ0) is 8.27. The summed E-state index contributed by atoms with van der Waals surface area (Å²) in [6.45, 7) is 1.87. The third kappa shape index (κ3) is 2.12. The number of nitrogen functional groups attached to an aromatic ring is 1. The van der Waals surface area contributed by atoms with Crippen LogP contribution in [-0.4, -0.2) is 21.3 Å². The molecule has 0 aliphatic carbocycles. The van der Waals surface area contributed by atoms with Gasteiger partial charge in [0.25, 0.3) is 0 Å². The molecular formula is C6H12N4O. The Balaban J connectivity index is 2.50. The van der Waals surface area contributed by atoms with Crippen LogP contribution in [0.3, 0.4) is 0 Å². The van der Waals surface area contributed by atoms with Gasteiger partial charge in [0, 0.05) is 0 Å². The van der Waals surface area contributed by atoms with Crippen molar-refractivity contribution in [3.05, 3.63) is 6.20 Å². The van der Waals surface area contributed by atoms with Crippen LogP contribution in [0.2, 0.25) is 0 Å². The molecule has 11 heavy (non-hydrogen) atoms. The number of aromatic amines is 1. The van der Waals surface area contributed by atoms with Crippen LogP contribution in [0.1, 0.15) is 13.3 Å². The molecule has 1 atom stereocenters. The molecule has 0 spiro atoms. The van der Waals surface area contributed by atoms with Gasteiger partial charge >= 0.3 is 0 Å². The Bertz CT molecular complexity index is 222. The number of rotatable bonds is 3. The molecule has 0 bridgehead atoms. The van der Waals surface area contributed by atoms with Crippen LogP contribution < -0.4 is 11.1 Å². The van der Waals surface area contributed by atoms with Crippen molar-refractivity contribution in [1.82, 2.24) is 9.97 Å². The van der Waals surface area contributed by atoms with Gasteiger partial charge in [-0.25, -0.2) is 4.98 Å². The summed E-state index contributed by atoms with van der Waals surface area (Å²) in [7, 11) is 0. The first-order valence-corrected chi connectivity index (χ1v) is 3.47. The quantitative estimate of drug-likeness (QED) is 0.468. The summed E-state index contributed by atoms with van der Waals surface area (Å²) < 4.78 is 0. The zero-order valence-electron chi connectivity index (χ0n) is 6.33. The van der Waals surface area contributed by atoms with Crippen molar-refractivity contribution in [2.24, 2.45) is 0 Å². The number of aliphatic hydroxyl groups excluding tert-OH is 1. The zero-order valence-corrected chi connectivity index (χ0v) is 6.33. The third-order valence-corrected chi connectivity index (χ3v) is 1.29. The minimum Gasteiger partial charge on any atom is -0.384 e. The van der Waals surface area contributed by atoms with Crippen molar-refractivity contribution in [1.29, 1.82) is 0 Å². The number of nitrogens with zero attached hydrogens (tertiary/aromatic N) is 1. The fourth-order valence-electron chi connectivity index (χ4n) is 0.669. The fraction of sp³-hybridized carbons (Fsp3) is 0.500. The van der Waals surface area contributed by atoms with E-state index in [1.807, 2.05) is 6.92 Å². The number of imidazole rings is 1. The molecule has 1 unspecified atom stereocenters. The third-order valence-electron chi connectivity index (χ3n) is 1.29. The Hall–Kier alpha value is -1.23. The summed E-state index contributed by atoms with van der Waals surface area (Å²) in [6.07, 6.45) is 1.55. The van der Waals surface area contributed by atoms with Crippen molar-refractivity contribution < 1.29 is 5.11 Å². The molecule has 0 aliphatic heterocycles. The van der Waals surface area contributed by atoms with Crippen molar-refractivity contribution >= 4 is 11.8 Å². The molecule has 0 amide bonds. The molecule has 0 fully saturated rings. The molecule has 1 heterocycles. The predicted octanol–water partition coefficient (Wildman–Crippen LogP) is 0.132. The fourth-order valence-corrected chi connectivity index (χ4v) is 0.669. The second-order valence-electron chi connectivity index (χ2n) is 2.26. The highest BCUT2D eigenvalue weighted by Gasteiger charge is 2.01. The number of anilines is 2. The largest absolute Gasteiger partial charge is 0.384 e. The highest BCUT2D eigenvalue weighted by atomic mass is 16.3. The van der Waals surface area contributed by atoms with E-state index in [-0.39, 0.29) is 0 Å². The molecular weight excluding hydrogens is 144 g/mol. The smallest absolute Gasteiger partial charge is 0.203 e. The number of hydrogen-bond donors (Lipinski definition) is 4. The number of H-pyrrole nitrogens is 1. The van der Waals surface area contributed by atoms with E-state index in [2.05, 4.69) is 15.3 Å². The summed E-state index contributed by atoms with van der Waals surface area (Å²) in [5, 5.41) is 11.8. The van der Waals surface area contributed by atoms with Gasteiger partial charge in [0.15, 0.2) is 0 Å². The number of nitrogens with one attached hydrogen (secondary N) is 2. The molecule has 5 N–H and O–H groups in total. The van der Waals surface area contributed by atoms with Crippen LogP contribution in [0, 0.1) is 0 Å². The summed E-state index contributed by atoms with van der Waals surface area (Å²) >= 11 is 0. The lowest BCUT2D eigenvalue weighted by Crippen LogP contribution is -2.17. The SMILES string of the molecule is CCC(O)Nc1ncc(N)[nH]1. The minimum atomic E-state index is -0.569. The van der Waals surface area contributed by atoms with Gasteiger partial charge < -0.3 is 21.1 Å². The topological polar surface area (TPSA) is 87.0 Å². The lowest BCUT2D eigenvalue weighted by atomic mass is 10.4. The average Bonchev–Trinajstić information content (AvgIpc) is 2.35. The lowest BCUT2D eigenvalue weighted by molar-refractivity contribution is 0.198. The Morgan fingerprint density at radius 1 is 1.91 bits per heavy atom. The molecule has 0 saturated heterocycles. The van der Waals surface area contributed by atoms with Crippen molar-refractivity contribution in [2.45, 2.75) is 19.6 Å². The molecule has 5 nitrogen and oxygen atoms in total. The van der Waals surface area contributed by atoms with E-state index in [4.69, 9.17) is 10.8 Å². The molecule has 1 aromatic heterocycles. The van der Waals surface area contributed by atoms with Gasteiger partial charge in [0.2, 0.25) is 5.95 Å². The van der Waals surface area contributed by atoms with Crippen molar-refractivity contribution in [3.63, 3.8) is 0 Å². The van der Waals surface area contributed by atoms with Gasteiger partial charge in [-0.1, -0.05) is 6.92 Å². The summed E-state index contributed by atoms with van der Waals surface area (Å²) in [4.78, 5) is 6.59. The van der Waals surface area contributed by atoms with Crippen LogP contribution in [0.5, 0.6) is 0 Å². The van der Waals surface area contributed by atoms with Gasteiger partial charge in [0.05, 0.1) is 6.20 Å². The first-order valence-electron chi connectivity index (χ1n) is 3.47. The summed E-state index contributed by atoms with van der Waals surface area (Å²) in [5.74, 6) is 0.979. The maximum atomic E-state index is 9.11. The highest BCUT2D eigenvalue weighted by molar-refractivity contribution is 5.36. The van der Waals surface area contributed by atoms with Crippen LogP contribution in [-0.2, 0) is 0 Å². The number of aromatic nitrogens is 2. The Morgan fingerprint density at radius 2 is 2.64 bits per heavy atom. The molecule has 0 radical (unpaired) electrons. The van der Waals surface area contributed by atoms with Crippen LogP contribution >= 0.6 is 0 Å². The van der Waals surface area contributed by atoms with E-state index >= 15 is 0 Å². The first kappa shape index (κ1) is 7.87. The Labute approximate surface area is 64.6 Å². The summed E-state index contributed by atoms with van der Waals surface area (Å²) in [5.41, 5.74) is 5.36. The Morgan fingerprint density at radius 3 is 3.09 bits per heavy atom. The molecule has 5 heteroatoms. The monoisotopic (exact) mass is 156 g/mol. The van der Waals surface area contributed by atoms with Crippen LogP contribution in [0.4, 0.5) is 11.8 Å². The second kappa shape index (κ2) is 3.25. The average molecular weight is 156 g/mol. The lowest BCUT2D eigenvalue weighted by Gasteiger charge is -2.07. The van der Waals surface area contributed by atoms with E-state index in [0.29, 0.717) is 18.2 Å². The van der Waals surface area contributed by atoms with Gasteiger partial charge in [-0.05, 0) is 6.42 Å². The second-order valence-corrected chi connectivity index (χ2v) is 2.26. The highest BCUT2D eigenvalue weighted by Crippen LogP contribution is 2.04. The summed E-state index contributed by atoms with van der Waals surface area (Å²) in [6, 6.07) is 0. The number of hydrogen-bond acceptors (Lipinski definition) is 4. The van der Waals surface area contributed by atoms with Crippen LogP contribution in [0.25, 0.3) is 0 Å². The molecule has 0 aliphatic rings.